The lowest BCUT2D eigenvalue weighted by Crippen LogP contribution is -2.25. The highest BCUT2D eigenvalue weighted by molar-refractivity contribution is 6.12. The molecule has 0 amide bonds. The third kappa shape index (κ3) is 2.03. The van der Waals surface area contributed by atoms with Crippen molar-refractivity contribution < 1.29 is 18.7 Å². The van der Waals surface area contributed by atoms with Crippen molar-refractivity contribution in [2.24, 2.45) is 0 Å². The van der Waals surface area contributed by atoms with E-state index in [2.05, 4.69) is 0 Å². The second-order valence-corrected chi connectivity index (χ2v) is 3.69. The van der Waals surface area contributed by atoms with E-state index >= 15 is 0 Å². The first-order chi connectivity index (χ1) is 7.58. The third-order valence-corrected chi connectivity index (χ3v) is 2.40. The summed E-state index contributed by atoms with van der Waals surface area (Å²) in [5.41, 5.74) is 0.607. The number of ether oxygens (including phenoxy) is 2. The van der Waals surface area contributed by atoms with Gasteiger partial charge in [-0.3, -0.25) is 4.79 Å². The molecule has 0 spiro atoms. The number of esters is 1. The van der Waals surface area contributed by atoms with Gasteiger partial charge in [0, 0.05) is 18.6 Å². The van der Waals surface area contributed by atoms with Crippen LogP contribution in [0.1, 0.15) is 18.6 Å². The van der Waals surface area contributed by atoms with E-state index in [0.29, 0.717) is 11.3 Å². The molecule has 2 atom stereocenters. The maximum absolute atomic E-state index is 13.0. The molecule has 2 unspecified atom stereocenters. The van der Waals surface area contributed by atoms with Gasteiger partial charge in [-0.05, 0) is 17.9 Å². The van der Waals surface area contributed by atoms with Gasteiger partial charge in [-0.2, -0.15) is 0 Å². The van der Waals surface area contributed by atoms with Gasteiger partial charge in [0.05, 0.1) is 14.5 Å². The Labute approximate surface area is 94.0 Å². The van der Waals surface area contributed by atoms with Crippen LogP contribution < -0.4 is 4.74 Å². The van der Waals surface area contributed by atoms with Crippen molar-refractivity contribution in [2.45, 2.75) is 18.8 Å². The molecule has 82 valence electrons. The van der Waals surface area contributed by atoms with Crippen molar-refractivity contribution in [2.75, 3.05) is 6.61 Å². The lowest BCUT2D eigenvalue weighted by Gasteiger charge is -2.31. The Balaban J connectivity index is 2.36. The Kier molecular flexibility index (Phi) is 2.85. The zero-order chi connectivity index (χ0) is 11.7. The number of carbonyl (C=O) groups is 1. The average Bonchev–Trinajstić information content (AvgIpc) is 2.22. The predicted molar refractivity (Wildman–Crippen MR) is 55.9 cm³/mol. The molecule has 1 aromatic carbocycles. The Morgan fingerprint density at radius 3 is 3.06 bits per heavy atom. The summed E-state index contributed by atoms with van der Waals surface area (Å²) in [4.78, 5) is 10.9. The molecule has 5 heteroatoms. The van der Waals surface area contributed by atoms with Gasteiger partial charge in [-0.25, -0.2) is 4.39 Å². The fraction of sp³-hybridized carbons (Fsp3) is 0.364. The summed E-state index contributed by atoms with van der Waals surface area (Å²) in [6.45, 7) is 1.51. The minimum Gasteiger partial charge on any atom is -0.493 e. The summed E-state index contributed by atoms with van der Waals surface area (Å²) in [6.07, 6.45) is -0.568. The van der Waals surface area contributed by atoms with E-state index < -0.39 is 23.7 Å². The van der Waals surface area contributed by atoms with Crippen LogP contribution in [-0.4, -0.2) is 20.4 Å². The van der Waals surface area contributed by atoms with Crippen LogP contribution in [0.15, 0.2) is 18.2 Å². The van der Waals surface area contributed by atoms with Gasteiger partial charge in [-0.15, -0.1) is 0 Å². The van der Waals surface area contributed by atoms with Crippen molar-refractivity contribution in [3.8, 4) is 5.75 Å². The highest BCUT2D eigenvalue weighted by Gasteiger charge is 2.30. The van der Waals surface area contributed by atoms with Crippen molar-refractivity contribution >= 4 is 13.8 Å². The van der Waals surface area contributed by atoms with E-state index in [-0.39, 0.29) is 6.61 Å². The highest BCUT2D eigenvalue weighted by atomic mass is 19.1. The molecule has 1 aliphatic heterocycles. The average molecular weight is 220 g/mol. The first kappa shape index (κ1) is 11.0. The monoisotopic (exact) mass is 220 g/mol. The highest BCUT2D eigenvalue weighted by Crippen LogP contribution is 2.39. The quantitative estimate of drug-likeness (QED) is 0.534. The van der Waals surface area contributed by atoms with E-state index in [1.54, 1.807) is 0 Å². The summed E-state index contributed by atoms with van der Waals surface area (Å²) in [5, 5.41) is 0. The fourth-order valence-corrected chi connectivity index (χ4v) is 1.70. The molecule has 2 rings (SSSR count). The summed E-state index contributed by atoms with van der Waals surface area (Å²) in [6, 6.07) is 4.08. The zero-order valence-corrected chi connectivity index (χ0v) is 8.77. The van der Waals surface area contributed by atoms with Crippen molar-refractivity contribution in [1.82, 2.24) is 0 Å². The smallest absolute Gasteiger partial charge is 0.303 e. The van der Waals surface area contributed by atoms with Crippen molar-refractivity contribution in [3.05, 3.63) is 29.6 Å². The molecule has 0 saturated heterocycles. The molecule has 0 saturated carbocycles. The van der Waals surface area contributed by atoms with E-state index in [4.69, 9.17) is 17.3 Å². The van der Waals surface area contributed by atoms with Gasteiger partial charge in [-0.1, -0.05) is 0 Å². The van der Waals surface area contributed by atoms with Crippen LogP contribution in [0.2, 0.25) is 5.82 Å². The van der Waals surface area contributed by atoms with Crippen LogP contribution in [0.3, 0.4) is 0 Å². The molecule has 0 aromatic heterocycles. The molecule has 1 aromatic rings. The van der Waals surface area contributed by atoms with Gasteiger partial charge in [0.15, 0.2) is 0 Å². The van der Waals surface area contributed by atoms with E-state index in [0.717, 1.165) is 0 Å². The molecule has 1 heterocycles. The van der Waals surface area contributed by atoms with Crippen molar-refractivity contribution in [3.63, 3.8) is 0 Å². The van der Waals surface area contributed by atoms with E-state index in [9.17, 15) is 9.18 Å². The number of halogens is 1. The van der Waals surface area contributed by atoms with Crippen molar-refractivity contribution in [1.29, 1.82) is 0 Å². The second-order valence-electron chi connectivity index (χ2n) is 3.69. The maximum Gasteiger partial charge on any atom is 0.303 e. The molecule has 3 nitrogen and oxygen atoms in total. The van der Waals surface area contributed by atoms with Crippen LogP contribution >= 0.6 is 0 Å². The number of benzene rings is 1. The number of carbonyl (C=O) groups excluding carboxylic acids is 1. The molecule has 16 heavy (non-hydrogen) atoms. The zero-order valence-electron chi connectivity index (χ0n) is 8.77. The standard InChI is InChI=1S/C11H10BFO3/c1-6(14)16-11-8-3-2-7(13)4-10(8)15-5-9(11)12/h2-4,9,11H,5H2,1H3. The van der Waals surface area contributed by atoms with Gasteiger partial charge in [0.2, 0.25) is 0 Å². The molecule has 1 aliphatic rings. The fourth-order valence-electron chi connectivity index (χ4n) is 1.70. The molecule has 0 bridgehead atoms. The molecule has 0 aliphatic carbocycles. The second kappa shape index (κ2) is 4.16. The molecule has 0 N–H and O–H groups in total. The van der Waals surface area contributed by atoms with Crippen LogP contribution in [0.5, 0.6) is 5.75 Å². The maximum atomic E-state index is 13.0. The SMILES string of the molecule is [B]C1COc2cc(F)ccc2C1OC(C)=O. The van der Waals surface area contributed by atoms with E-state index in [1.807, 2.05) is 0 Å². The van der Waals surface area contributed by atoms with Gasteiger partial charge in [0.25, 0.3) is 0 Å². The molecule has 0 fully saturated rings. The first-order valence-electron chi connectivity index (χ1n) is 4.93. The minimum atomic E-state index is -0.568. The predicted octanol–water partition coefficient (Wildman–Crippen LogP) is 1.78. The Bertz CT molecular complexity index is 422. The number of hydrogen-bond acceptors (Lipinski definition) is 3. The molecular weight excluding hydrogens is 210 g/mol. The summed E-state index contributed by atoms with van der Waals surface area (Å²) >= 11 is 0. The Morgan fingerprint density at radius 1 is 1.62 bits per heavy atom. The Morgan fingerprint density at radius 2 is 2.38 bits per heavy atom. The third-order valence-electron chi connectivity index (χ3n) is 2.40. The molecular formula is C11H10BFO3. The number of fused-ring (bicyclic) bond motifs is 1. The van der Waals surface area contributed by atoms with Crippen LogP contribution in [-0.2, 0) is 9.53 Å². The summed E-state index contributed by atoms with van der Waals surface area (Å²) in [7, 11) is 5.78. The number of rotatable bonds is 1. The lowest BCUT2D eigenvalue weighted by atomic mass is 9.78. The van der Waals surface area contributed by atoms with Crippen LogP contribution in [0.25, 0.3) is 0 Å². The molecule has 2 radical (unpaired) electrons. The minimum absolute atomic E-state index is 0.203. The van der Waals surface area contributed by atoms with Gasteiger partial charge < -0.3 is 9.47 Å². The Hall–Kier alpha value is -1.52. The normalized spacial score (nSPS) is 23.1. The van der Waals surface area contributed by atoms with Crippen LogP contribution in [0, 0.1) is 5.82 Å². The van der Waals surface area contributed by atoms with Gasteiger partial charge in [0.1, 0.15) is 17.7 Å². The van der Waals surface area contributed by atoms with Gasteiger partial charge >= 0.3 is 5.97 Å². The summed E-state index contributed by atoms with van der Waals surface area (Å²) in [5.74, 6) is -0.858. The van der Waals surface area contributed by atoms with E-state index in [1.165, 1.54) is 25.1 Å². The topological polar surface area (TPSA) is 35.5 Å². The largest absolute Gasteiger partial charge is 0.493 e. The summed E-state index contributed by atoms with van der Waals surface area (Å²) < 4.78 is 23.3. The van der Waals surface area contributed by atoms with Crippen LogP contribution in [0.4, 0.5) is 4.39 Å². The number of hydrogen-bond donors (Lipinski definition) is 0. The first-order valence-corrected chi connectivity index (χ1v) is 4.93. The lowest BCUT2D eigenvalue weighted by molar-refractivity contribution is -0.147.